The molecule has 0 fully saturated rings. The van der Waals surface area contributed by atoms with Gasteiger partial charge in [0.15, 0.2) is 0 Å². The van der Waals surface area contributed by atoms with Gasteiger partial charge in [-0.3, -0.25) is 0 Å². The molecule has 0 saturated carbocycles. The van der Waals surface area contributed by atoms with Crippen molar-refractivity contribution in [3.05, 3.63) is 301 Å². The number of hydrogen-bond donors (Lipinski definition) is 0. The summed E-state index contributed by atoms with van der Waals surface area (Å²) in [7, 11) is 0. The summed E-state index contributed by atoms with van der Waals surface area (Å²) in [5.41, 5.74) is 22.6. The number of fused-ring (bicyclic) bond motifs is 12. The van der Waals surface area contributed by atoms with Gasteiger partial charge >= 0.3 is 0 Å². The fourth-order valence-corrected chi connectivity index (χ4v) is 11.7. The van der Waals surface area contributed by atoms with E-state index in [4.69, 9.17) is 4.42 Å². The first-order valence-electron chi connectivity index (χ1n) is 24.7. The quantitative estimate of drug-likeness (QED) is 0.144. The fraction of sp³-hybridized carbons (Fsp3) is 0.0145. The van der Waals surface area contributed by atoms with Crippen molar-refractivity contribution in [2.24, 2.45) is 0 Å². The van der Waals surface area contributed by atoms with Crippen molar-refractivity contribution in [3.63, 3.8) is 0 Å². The average Bonchev–Trinajstić information content (AvgIpc) is 4.08. The molecule has 1 spiro atoms. The standard InChI is InChI=1S/C69H46N2O/c1-5-17-47(18-6-1)48-29-37-57(38-30-48)71(55-23-11-4-12-24-55)58-41-33-50(34-42-58)52-36-44-61-65(46-52)69(67-62-26-14-16-28-66(62)72-68(61)67)63-27-15-13-25-59(63)60-43-35-51(45-64(60)69)49-31-39-56(40-32-49)70(53-19-7-2-8-20-53)54-21-9-3-10-22-54/h1-46H. The highest BCUT2D eigenvalue weighted by Gasteiger charge is 2.54. The van der Waals surface area contributed by atoms with Gasteiger partial charge in [0.05, 0.1) is 5.41 Å². The summed E-state index contributed by atoms with van der Waals surface area (Å²) >= 11 is 0. The van der Waals surface area contributed by atoms with Gasteiger partial charge in [-0.25, -0.2) is 0 Å². The topological polar surface area (TPSA) is 19.6 Å². The van der Waals surface area contributed by atoms with E-state index in [-0.39, 0.29) is 0 Å². The largest absolute Gasteiger partial charge is 0.456 e. The first-order valence-corrected chi connectivity index (χ1v) is 24.7. The lowest BCUT2D eigenvalue weighted by atomic mass is 9.69. The Labute approximate surface area is 419 Å². The molecule has 3 heteroatoms. The lowest BCUT2D eigenvalue weighted by molar-refractivity contribution is 0.628. The number of rotatable bonds is 9. The minimum Gasteiger partial charge on any atom is -0.456 e. The van der Waals surface area contributed by atoms with Crippen LogP contribution in [0, 0.1) is 0 Å². The summed E-state index contributed by atoms with van der Waals surface area (Å²) in [4.78, 5) is 4.65. The highest BCUT2D eigenvalue weighted by molar-refractivity contribution is 6.03. The van der Waals surface area contributed by atoms with Crippen LogP contribution in [-0.4, -0.2) is 0 Å². The Morgan fingerprint density at radius 3 is 1.15 bits per heavy atom. The minimum absolute atomic E-state index is 0.622. The lowest BCUT2D eigenvalue weighted by Crippen LogP contribution is -2.26. The van der Waals surface area contributed by atoms with Gasteiger partial charge in [-0.15, -0.1) is 0 Å². The zero-order valence-electron chi connectivity index (χ0n) is 39.4. The van der Waals surface area contributed by atoms with Gasteiger partial charge in [0.2, 0.25) is 0 Å². The number of nitrogens with zero attached hydrogens (tertiary/aromatic N) is 2. The lowest BCUT2D eigenvalue weighted by Gasteiger charge is -2.30. The number of furan rings is 1. The van der Waals surface area contributed by atoms with Crippen LogP contribution in [0.1, 0.15) is 22.3 Å². The van der Waals surface area contributed by atoms with Crippen LogP contribution in [0.15, 0.2) is 283 Å². The molecule has 3 nitrogen and oxygen atoms in total. The molecular formula is C69H46N2O. The molecule has 0 aliphatic heterocycles. The molecule has 0 radical (unpaired) electrons. The SMILES string of the molecule is c1ccc(-c2ccc(N(c3ccccc3)c3ccc(-c4ccc5c(c4)C4(c6ccccc6-c6ccc(-c7ccc(N(c8ccccc8)c8ccccc8)cc7)cc64)c4c-5oc5ccccc45)cc3)cc2)cc1. The molecule has 2 aliphatic carbocycles. The minimum atomic E-state index is -0.622. The molecule has 11 aromatic carbocycles. The van der Waals surface area contributed by atoms with Gasteiger partial charge in [-0.1, -0.05) is 188 Å². The molecule has 0 saturated heterocycles. The second-order valence-electron chi connectivity index (χ2n) is 18.8. The number of para-hydroxylation sites is 4. The molecule has 0 bridgehead atoms. The maximum Gasteiger partial charge on any atom is 0.140 e. The van der Waals surface area contributed by atoms with Crippen molar-refractivity contribution in [1.82, 2.24) is 0 Å². The predicted molar refractivity (Wildman–Crippen MR) is 298 cm³/mol. The van der Waals surface area contributed by atoms with E-state index >= 15 is 0 Å². The first-order chi connectivity index (χ1) is 35.7. The van der Waals surface area contributed by atoms with Crippen molar-refractivity contribution >= 4 is 45.1 Å². The first kappa shape index (κ1) is 41.5. The number of benzene rings is 11. The second kappa shape index (κ2) is 16.9. The summed E-state index contributed by atoms with van der Waals surface area (Å²) < 4.78 is 6.97. The maximum absolute atomic E-state index is 6.97. The molecule has 0 amide bonds. The van der Waals surface area contributed by atoms with Crippen molar-refractivity contribution in [2.45, 2.75) is 5.41 Å². The van der Waals surface area contributed by atoms with Crippen molar-refractivity contribution in [3.8, 4) is 55.8 Å². The third-order valence-electron chi connectivity index (χ3n) is 14.9. The molecule has 0 N–H and O–H groups in total. The highest BCUT2D eigenvalue weighted by Crippen LogP contribution is 2.65. The van der Waals surface area contributed by atoms with E-state index < -0.39 is 5.41 Å². The Morgan fingerprint density at radius 1 is 0.264 bits per heavy atom. The van der Waals surface area contributed by atoms with Crippen molar-refractivity contribution in [1.29, 1.82) is 0 Å². The van der Waals surface area contributed by atoms with E-state index in [9.17, 15) is 0 Å². The maximum atomic E-state index is 6.97. The molecule has 72 heavy (non-hydrogen) atoms. The molecular weight excluding hydrogens is 873 g/mol. The third kappa shape index (κ3) is 6.59. The van der Waals surface area contributed by atoms with E-state index in [1.54, 1.807) is 0 Å². The Kier molecular flexibility index (Phi) is 9.75. The average molecular weight is 919 g/mol. The zero-order chi connectivity index (χ0) is 47.6. The summed E-state index contributed by atoms with van der Waals surface area (Å²) in [6.45, 7) is 0. The Bertz CT molecular complexity index is 3900. The van der Waals surface area contributed by atoms with Gasteiger partial charge < -0.3 is 14.2 Å². The monoisotopic (exact) mass is 918 g/mol. The molecule has 1 aromatic heterocycles. The van der Waals surface area contributed by atoms with Crippen LogP contribution < -0.4 is 9.80 Å². The Hall–Kier alpha value is -9.44. The Balaban J connectivity index is 0.890. The highest BCUT2D eigenvalue weighted by atomic mass is 16.3. The summed E-state index contributed by atoms with van der Waals surface area (Å²) in [5.74, 6) is 0.948. The summed E-state index contributed by atoms with van der Waals surface area (Å²) in [6.07, 6.45) is 0. The van der Waals surface area contributed by atoms with Gasteiger partial charge in [0, 0.05) is 50.6 Å². The van der Waals surface area contributed by atoms with Crippen LogP contribution in [0.25, 0.3) is 66.8 Å². The Morgan fingerprint density at radius 2 is 0.625 bits per heavy atom. The van der Waals surface area contributed by atoms with Crippen LogP contribution in [-0.2, 0) is 5.41 Å². The molecule has 338 valence electrons. The van der Waals surface area contributed by atoms with E-state index in [1.165, 1.54) is 50.1 Å². The van der Waals surface area contributed by atoms with E-state index in [2.05, 4.69) is 289 Å². The molecule has 1 atom stereocenters. The van der Waals surface area contributed by atoms with Crippen LogP contribution in [0.2, 0.25) is 0 Å². The number of anilines is 6. The molecule has 14 rings (SSSR count). The normalized spacial score (nSPS) is 13.9. The summed E-state index contributed by atoms with van der Waals surface area (Å²) in [5, 5.41) is 1.15. The van der Waals surface area contributed by atoms with Gasteiger partial charge in [-0.2, -0.15) is 0 Å². The van der Waals surface area contributed by atoms with Gasteiger partial charge in [-0.05, 0) is 152 Å². The predicted octanol–water partition coefficient (Wildman–Crippen LogP) is 18.7. The van der Waals surface area contributed by atoms with E-state index in [0.717, 1.165) is 73.1 Å². The van der Waals surface area contributed by atoms with Gasteiger partial charge in [0.1, 0.15) is 11.3 Å². The van der Waals surface area contributed by atoms with Crippen LogP contribution in [0.5, 0.6) is 0 Å². The molecule has 1 unspecified atom stereocenters. The number of hydrogen-bond acceptors (Lipinski definition) is 3. The molecule has 12 aromatic rings. The third-order valence-corrected chi connectivity index (χ3v) is 14.9. The van der Waals surface area contributed by atoms with E-state index in [1.807, 2.05) is 0 Å². The van der Waals surface area contributed by atoms with Crippen molar-refractivity contribution in [2.75, 3.05) is 9.80 Å². The van der Waals surface area contributed by atoms with Crippen molar-refractivity contribution < 1.29 is 4.42 Å². The fourth-order valence-electron chi connectivity index (χ4n) is 11.7. The summed E-state index contributed by atoms with van der Waals surface area (Å²) in [6, 6.07) is 101. The molecule has 2 aliphatic rings. The van der Waals surface area contributed by atoms with Gasteiger partial charge in [0.25, 0.3) is 0 Å². The zero-order valence-corrected chi connectivity index (χ0v) is 39.4. The smallest absolute Gasteiger partial charge is 0.140 e. The van der Waals surface area contributed by atoms with Crippen LogP contribution in [0.4, 0.5) is 34.1 Å². The second-order valence-corrected chi connectivity index (χ2v) is 18.8. The van der Waals surface area contributed by atoms with E-state index in [0.29, 0.717) is 0 Å². The molecule has 1 heterocycles. The van der Waals surface area contributed by atoms with Crippen LogP contribution >= 0.6 is 0 Å². The van der Waals surface area contributed by atoms with Crippen LogP contribution in [0.3, 0.4) is 0 Å².